The first-order valence-corrected chi connectivity index (χ1v) is 11.0. The summed E-state index contributed by atoms with van der Waals surface area (Å²) in [5.74, 6) is -0.976. The van der Waals surface area contributed by atoms with Crippen LogP contribution in [0, 0.1) is 0 Å². The monoisotopic (exact) mass is 468 g/mol. The van der Waals surface area contributed by atoms with Gasteiger partial charge in [0.2, 0.25) is 5.91 Å². The standard InChI is InChI=1S/C20H18Cl2N2O5S/c1-12-19(25)23-11-14(9-13-10-16(22)5-8-18(13)29-2)20(26)24(12)30(27,28)17-6-3-15(21)4-7-17/h3-10,12H,11H2,1-2H3,(H,23,25)/b14-9+/t12-/m1/s1. The molecule has 2 amide bonds. The molecule has 3 rings (SSSR count). The van der Waals surface area contributed by atoms with Crippen molar-refractivity contribution in [1.29, 1.82) is 0 Å². The van der Waals surface area contributed by atoms with Crippen molar-refractivity contribution < 1.29 is 22.7 Å². The summed E-state index contributed by atoms with van der Waals surface area (Å²) in [4.78, 5) is 25.5. The Balaban J connectivity index is 2.11. The third kappa shape index (κ3) is 4.30. The first-order valence-electron chi connectivity index (χ1n) is 8.81. The number of nitrogens with one attached hydrogen (secondary N) is 1. The summed E-state index contributed by atoms with van der Waals surface area (Å²) >= 11 is 11.9. The predicted octanol–water partition coefficient (Wildman–Crippen LogP) is 3.12. The lowest BCUT2D eigenvalue weighted by Crippen LogP contribution is -2.47. The van der Waals surface area contributed by atoms with Crippen molar-refractivity contribution in [3.8, 4) is 5.75 Å². The topological polar surface area (TPSA) is 92.8 Å². The number of nitrogens with zero attached hydrogens (tertiary/aromatic N) is 1. The normalized spacial score (nSPS) is 18.9. The van der Waals surface area contributed by atoms with Gasteiger partial charge < -0.3 is 10.1 Å². The Bertz CT molecular complexity index is 1130. The smallest absolute Gasteiger partial charge is 0.267 e. The maximum Gasteiger partial charge on any atom is 0.267 e. The fraction of sp³-hybridized carbons (Fsp3) is 0.200. The molecule has 2 aromatic carbocycles. The van der Waals surface area contributed by atoms with Crippen LogP contribution in [0.15, 0.2) is 52.9 Å². The van der Waals surface area contributed by atoms with E-state index in [0.29, 0.717) is 25.7 Å². The maximum absolute atomic E-state index is 13.3. The van der Waals surface area contributed by atoms with Crippen LogP contribution < -0.4 is 10.1 Å². The molecule has 7 nitrogen and oxygen atoms in total. The van der Waals surface area contributed by atoms with E-state index in [0.717, 1.165) is 0 Å². The highest BCUT2D eigenvalue weighted by Crippen LogP contribution is 2.28. The van der Waals surface area contributed by atoms with Crippen LogP contribution in [0.4, 0.5) is 0 Å². The SMILES string of the molecule is COc1ccc(Cl)cc1/C=C1\CNC(=O)[C@@H](C)N(S(=O)(=O)c2ccc(Cl)cc2)C1=O. The van der Waals surface area contributed by atoms with Crippen molar-refractivity contribution in [1.82, 2.24) is 9.62 Å². The number of amides is 2. The third-order valence-electron chi connectivity index (χ3n) is 4.55. The summed E-state index contributed by atoms with van der Waals surface area (Å²) in [5, 5.41) is 3.33. The van der Waals surface area contributed by atoms with Crippen LogP contribution in [0.1, 0.15) is 12.5 Å². The van der Waals surface area contributed by atoms with Crippen molar-refractivity contribution in [3.63, 3.8) is 0 Å². The largest absolute Gasteiger partial charge is 0.496 e. The average molecular weight is 469 g/mol. The number of halogens is 2. The lowest BCUT2D eigenvalue weighted by molar-refractivity contribution is -0.130. The number of carbonyl (C=O) groups is 2. The molecule has 1 aliphatic heterocycles. The van der Waals surface area contributed by atoms with E-state index in [2.05, 4.69) is 5.32 Å². The summed E-state index contributed by atoms with van der Waals surface area (Å²) in [5.41, 5.74) is 0.534. The molecule has 0 radical (unpaired) electrons. The Morgan fingerprint density at radius 3 is 2.37 bits per heavy atom. The Morgan fingerprint density at radius 2 is 1.73 bits per heavy atom. The van der Waals surface area contributed by atoms with Crippen LogP contribution in [0.2, 0.25) is 10.0 Å². The molecule has 30 heavy (non-hydrogen) atoms. The average Bonchev–Trinajstić information content (AvgIpc) is 2.80. The Kier molecular flexibility index (Phi) is 6.40. The van der Waals surface area contributed by atoms with E-state index in [1.165, 1.54) is 44.4 Å². The minimum atomic E-state index is -4.32. The van der Waals surface area contributed by atoms with Crippen LogP contribution in [0.3, 0.4) is 0 Å². The van der Waals surface area contributed by atoms with E-state index >= 15 is 0 Å². The van der Waals surface area contributed by atoms with Crippen molar-refractivity contribution in [2.45, 2.75) is 17.9 Å². The molecule has 0 unspecified atom stereocenters. The van der Waals surface area contributed by atoms with Gasteiger partial charge in [-0.25, -0.2) is 12.7 Å². The number of hydrogen-bond donors (Lipinski definition) is 1. The first-order chi connectivity index (χ1) is 14.1. The van der Waals surface area contributed by atoms with Gasteiger partial charge in [-0.15, -0.1) is 0 Å². The Hall–Kier alpha value is -2.55. The zero-order valence-corrected chi connectivity index (χ0v) is 18.4. The number of hydrogen-bond acceptors (Lipinski definition) is 5. The number of sulfonamides is 1. The third-order valence-corrected chi connectivity index (χ3v) is 6.91. The molecule has 0 spiro atoms. The van der Waals surface area contributed by atoms with Crippen LogP contribution in [0.5, 0.6) is 5.75 Å². The molecule has 0 aromatic heterocycles. The van der Waals surface area contributed by atoms with Gasteiger partial charge in [-0.3, -0.25) is 9.59 Å². The second-order valence-electron chi connectivity index (χ2n) is 6.51. The molecule has 0 aliphatic carbocycles. The molecule has 158 valence electrons. The van der Waals surface area contributed by atoms with Crippen LogP contribution in [-0.2, 0) is 19.6 Å². The molecule has 1 atom stereocenters. The molecule has 10 heteroatoms. The van der Waals surface area contributed by atoms with Crippen molar-refractivity contribution >= 4 is 51.1 Å². The van der Waals surface area contributed by atoms with E-state index in [9.17, 15) is 18.0 Å². The van der Waals surface area contributed by atoms with E-state index in [4.69, 9.17) is 27.9 Å². The molecule has 1 heterocycles. The number of methoxy groups -OCH3 is 1. The van der Waals surface area contributed by atoms with E-state index in [1.807, 2.05) is 0 Å². The lowest BCUT2D eigenvalue weighted by atomic mass is 10.1. The number of benzene rings is 2. The molecule has 2 aromatic rings. The van der Waals surface area contributed by atoms with Gasteiger partial charge in [0.15, 0.2) is 0 Å². The predicted molar refractivity (Wildman–Crippen MR) is 114 cm³/mol. The van der Waals surface area contributed by atoms with Crippen molar-refractivity contribution in [2.24, 2.45) is 0 Å². The molecule has 1 N–H and O–H groups in total. The zero-order valence-electron chi connectivity index (χ0n) is 16.1. The Labute approximate surface area is 184 Å². The summed E-state index contributed by atoms with van der Waals surface area (Å²) in [7, 11) is -2.86. The molecule has 1 saturated heterocycles. The second kappa shape index (κ2) is 8.67. The van der Waals surface area contributed by atoms with Crippen molar-refractivity contribution in [2.75, 3.05) is 13.7 Å². The van der Waals surface area contributed by atoms with Crippen molar-refractivity contribution in [3.05, 3.63) is 63.6 Å². The summed E-state index contributed by atoms with van der Waals surface area (Å²) in [6, 6.07) is 8.94. The van der Waals surface area contributed by atoms with E-state index < -0.39 is 27.9 Å². The molecular weight excluding hydrogens is 451 g/mol. The Morgan fingerprint density at radius 1 is 1.10 bits per heavy atom. The van der Waals surface area contributed by atoms with Gasteiger partial charge >= 0.3 is 0 Å². The molecule has 1 fully saturated rings. The van der Waals surface area contributed by atoms with E-state index in [1.54, 1.807) is 18.2 Å². The fourth-order valence-corrected chi connectivity index (χ4v) is 4.85. The van der Waals surface area contributed by atoms with Gasteiger partial charge in [0.05, 0.1) is 12.0 Å². The van der Waals surface area contributed by atoms with Gasteiger partial charge in [0.25, 0.3) is 15.9 Å². The summed E-state index contributed by atoms with van der Waals surface area (Å²) in [6.45, 7) is 1.20. The van der Waals surface area contributed by atoms with Gasteiger partial charge in [-0.05, 0) is 55.5 Å². The highest BCUT2D eigenvalue weighted by Gasteiger charge is 2.40. The highest BCUT2D eigenvalue weighted by atomic mass is 35.5. The maximum atomic E-state index is 13.3. The molecule has 1 aliphatic rings. The number of ether oxygens (including phenoxy) is 1. The molecule has 0 saturated carbocycles. The number of carbonyl (C=O) groups excluding carboxylic acids is 2. The van der Waals surface area contributed by atoms with Gasteiger partial charge in [-0.2, -0.15) is 0 Å². The van der Waals surface area contributed by atoms with Crippen LogP contribution in [0.25, 0.3) is 6.08 Å². The summed E-state index contributed by atoms with van der Waals surface area (Å²) < 4.78 is 32.3. The molecular formula is C20H18Cl2N2O5S. The highest BCUT2D eigenvalue weighted by molar-refractivity contribution is 7.89. The minimum Gasteiger partial charge on any atom is -0.496 e. The first kappa shape index (κ1) is 22.1. The van der Waals surface area contributed by atoms with Gasteiger partial charge in [0, 0.05) is 27.7 Å². The zero-order chi connectivity index (χ0) is 22.1. The van der Waals surface area contributed by atoms with Gasteiger partial charge in [0.1, 0.15) is 11.8 Å². The lowest BCUT2D eigenvalue weighted by Gasteiger charge is -2.25. The quantitative estimate of drug-likeness (QED) is 0.695. The van der Waals surface area contributed by atoms with Crippen LogP contribution in [-0.4, -0.2) is 44.2 Å². The number of rotatable bonds is 4. The van der Waals surface area contributed by atoms with Gasteiger partial charge in [-0.1, -0.05) is 23.2 Å². The summed E-state index contributed by atoms with van der Waals surface area (Å²) in [6.07, 6.45) is 1.45. The van der Waals surface area contributed by atoms with E-state index in [-0.39, 0.29) is 17.0 Å². The minimum absolute atomic E-state index is 0.0609. The fourth-order valence-electron chi connectivity index (χ4n) is 2.99. The second-order valence-corrected chi connectivity index (χ2v) is 9.20. The molecule has 0 bridgehead atoms. The van der Waals surface area contributed by atoms with Crippen LogP contribution >= 0.6 is 23.2 Å².